The van der Waals surface area contributed by atoms with Crippen LogP contribution < -0.4 is 10.2 Å². The van der Waals surface area contributed by atoms with E-state index in [1.165, 1.54) is 4.90 Å². The van der Waals surface area contributed by atoms with E-state index in [0.29, 0.717) is 23.8 Å². The summed E-state index contributed by atoms with van der Waals surface area (Å²) in [6, 6.07) is 26.1. The van der Waals surface area contributed by atoms with Gasteiger partial charge in [-0.2, -0.15) is 0 Å². The summed E-state index contributed by atoms with van der Waals surface area (Å²) in [7, 11) is 0. The number of amides is 2. The molecule has 0 unspecified atom stereocenters. The van der Waals surface area contributed by atoms with Gasteiger partial charge in [-0.1, -0.05) is 64.5 Å². The lowest BCUT2D eigenvalue weighted by atomic mass is 10.1. The first-order valence-electron chi connectivity index (χ1n) is 10.3. The number of thiocarbonyl (C=S) groups is 1. The van der Waals surface area contributed by atoms with Gasteiger partial charge in [-0.15, -0.1) is 0 Å². The van der Waals surface area contributed by atoms with Crippen molar-refractivity contribution in [3.05, 3.63) is 95.0 Å². The molecular weight excluding hydrogens is 486 g/mol. The van der Waals surface area contributed by atoms with Crippen molar-refractivity contribution >= 4 is 56.4 Å². The number of anilines is 2. The molecule has 1 aliphatic heterocycles. The minimum Gasteiger partial charge on any atom is -0.336 e. The van der Waals surface area contributed by atoms with Crippen molar-refractivity contribution in [3.63, 3.8) is 0 Å². The molecule has 1 heterocycles. The van der Waals surface area contributed by atoms with Crippen molar-refractivity contribution in [1.82, 2.24) is 4.90 Å². The first-order chi connectivity index (χ1) is 15.5. The number of para-hydroxylation sites is 1. The van der Waals surface area contributed by atoms with E-state index in [4.69, 9.17) is 12.2 Å². The van der Waals surface area contributed by atoms with Gasteiger partial charge in [0, 0.05) is 16.7 Å². The number of carbonyl (C=O) groups is 2. The van der Waals surface area contributed by atoms with Crippen LogP contribution in [0.3, 0.4) is 0 Å². The third kappa shape index (κ3) is 5.06. The fourth-order valence-electron chi connectivity index (χ4n) is 3.73. The molecule has 0 radical (unpaired) electrons. The Morgan fingerprint density at radius 1 is 0.969 bits per heavy atom. The standard InChI is InChI=1S/C25H22BrN3O2S/c26-19-11-13-21(14-12-19)29-23(30)17-22(24(29)31)28(16-15-18-7-3-1-4-8-18)25(32)27-20-9-5-2-6-10-20/h1-14,22H,15-17H2,(H,27,32)/t22-/m0/s1. The van der Waals surface area contributed by atoms with Gasteiger partial charge in [0.2, 0.25) is 5.91 Å². The van der Waals surface area contributed by atoms with Crippen molar-refractivity contribution in [1.29, 1.82) is 0 Å². The van der Waals surface area contributed by atoms with Crippen molar-refractivity contribution in [3.8, 4) is 0 Å². The van der Waals surface area contributed by atoms with Gasteiger partial charge in [0.15, 0.2) is 5.11 Å². The smallest absolute Gasteiger partial charge is 0.257 e. The number of halogens is 1. The quantitative estimate of drug-likeness (QED) is 0.374. The fourth-order valence-corrected chi connectivity index (χ4v) is 4.33. The Morgan fingerprint density at radius 2 is 1.59 bits per heavy atom. The van der Waals surface area contributed by atoms with E-state index in [1.807, 2.05) is 77.7 Å². The highest BCUT2D eigenvalue weighted by Crippen LogP contribution is 2.27. The van der Waals surface area contributed by atoms with Crippen LogP contribution in [0.25, 0.3) is 0 Å². The second-order valence-electron chi connectivity index (χ2n) is 7.49. The molecule has 0 aliphatic carbocycles. The van der Waals surface area contributed by atoms with Crippen LogP contribution in [-0.2, 0) is 16.0 Å². The molecule has 4 rings (SSSR count). The molecule has 0 bridgehead atoms. The molecule has 0 aromatic heterocycles. The summed E-state index contributed by atoms with van der Waals surface area (Å²) in [6.45, 7) is 0.514. The van der Waals surface area contributed by atoms with Gasteiger partial charge in [0.1, 0.15) is 6.04 Å². The fraction of sp³-hybridized carbons (Fsp3) is 0.160. The van der Waals surface area contributed by atoms with Crippen LogP contribution in [0.5, 0.6) is 0 Å². The van der Waals surface area contributed by atoms with Gasteiger partial charge in [0.25, 0.3) is 5.91 Å². The lowest BCUT2D eigenvalue weighted by Gasteiger charge is -2.30. The number of nitrogens with zero attached hydrogens (tertiary/aromatic N) is 2. The van der Waals surface area contributed by atoms with E-state index in [9.17, 15) is 9.59 Å². The van der Waals surface area contributed by atoms with Crippen LogP contribution in [0.2, 0.25) is 0 Å². The van der Waals surface area contributed by atoms with Gasteiger partial charge in [-0.25, -0.2) is 4.90 Å². The molecule has 1 saturated heterocycles. The Hall–Kier alpha value is -3.03. The van der Waals surface area contributed by atoms with E-state index in [1.54, 1.807) is 12.1 Å². The summed E-state index contributed by atoms with van der Waals surface area (Å²) in [5.74, 6) is -0.489. The van der Waals surface area contributed by atoms with Crippen LogP contribution >= 0.6 is 28.1 Å². The van der Waals surface area contributed by atoms with E-state index >= 15 is 0 Å². The Morgan fingerprint density at radius 3 is 2.25 bits per heavy atom. The minimum absolute atomic E-state index is 0.0836. The Kier molecular flexibility index (Phi) is 6.97. The predicted octanol–water partition coefficient (Wildman–Crippen LogP) is 5.02. The number of carbonyl (C=O) groups excluding carboxylic acids is 2. The average molecular weight is 508 g/mol. The summed E-state index contributed by atoms with van der Waals surface area (Å²) in [6.07, 6.45) is 0.786. The van der Waals surface area contributed by atoms with Gasteiger partial charge in [-0.05, 0) is 60.6 Å². The summed E-state index contributed by atoms with van der Waals surface area (Å²) in [5, 5.41) is 3.65. The molecule has 32 heavy (non-hydrogen) atoms. The summed E-state index contributed by atoms with van der Waals surface area (Å²) >= 11 is 9.09. The number of rotatable bonds is 6. The lowest BCUT2D eigenvalue weighted by Crippen LogP contribution is -2.48. The lowest BCUT2D eigenvalue weighted by molar-refractivity contribution is -0.122. The monoisotopic (exact) mass is 507 g/mol. The van der Waals surface area contributed by atoms with Gasteiger partial charge in [-0.3, -0.25) is 9.59 Å². The minimum atomic E-state index is -0.654. The van der Waals surface area contributed by atoms with E-state index in [0.717, 1.165) is 15.7 Å². The molecule has 1 N–H and O–H groups in total. The van der Waals surface area contributed by atoms with Crippen molar-refractivity contribution in [2.75, 3.05) is 16.8 Å². The summed E-state index contributed by atoms with van der Waals surface area (Å²) < 4.78 is 0.884. The highest BCUT2D eigenvalue weighted by molar-refractivity contribution is 9.10. The topological polar surface area (TPSA) is 52.7 Å². The molecular formula is C25H22BrN3O2S. The second-order valence-corrected chi connectivity index (χ2v) is 8.79. The zero-order chi connectivity index (χ0) is 22.5. The van der Waals surface area contributed by atoms with E-state index < -0.39 is 6.04 Å². The van der Waals surface area contributed by atoms with E-state index in [2.05, 4.69) is 21.2 Å². The second kappa shape index (κ2) is 10.1. The highest BCUT2D eigenvalue weighted by atomic mass is 79.9. The molecule has 0 spiro atoms. The van der Waals surface area contributed by atoms with Gasteiger partial charge < -0.3 is 10.2 Å². The molecule has 0 saturated carbocycles. The highest BCUT2D eigenvalue weighted by Gasteiger charge is 2.43. The largest absolute Gasteiger partial charge is 0.336 e. The normalized spacial score (nSPS) is 15.7. The van der Waals surface area contributed by atoms with Gasteiger partial charge >= 0.3 is 0 Å². The third-order valence-electron chi connectivity index (χ3n) is 5.35. The molecule has 7 heteroatoms. The first-order valence-corrected chi connectivity index (χ1v) is 11.5. The van der Waals surface area contributed by atoms with Crippen LogP contribution in [0.15, 0.2) is 89.4 Å². The molecule has 2 amide bonds. The molecule has 1 fully saturated rings. The maximum absolute atomic E-state index is 13.4. The number of nitrogens with one attached hydrogen (secondary N) is 1. The average Bonchev–Trinajstić information content (AvgIpc) is 3.09. The Balaban J connectivity index is 1.58. The molecule has 162 valence electrons. The molecule has 1 atom stereocenters. The molecule has 1 aliphatic rings. The maximum Gasteiger partial charge on any atom is 0.257 e. The number of hydrogen-bond acceptors (Lipinski definition) is 3. The van der Waals surface area contributed by atoms with Crippen LogP contribution in [0, 0.1) is 0 Å². The number of benzene rings is 3. The van der Waals surface area contributed by atoms with E-state index in [-0.39, 0.29) is 18.2 Å². The molecule has 3 aromatic rings. The van der Waals surface area contributed by atoms with Crippen LogP contribution in [0.1, 0.15) is 12.0 Å². The zero-order valence-corrected chi connectivity index (χ0v) is 19.7. The number of imide groups is 1. The Bertz CT molecular complexity index is 1110. The van der Waals surface area contributed by atoms with Crippen molar-refractivity contribution < 1.29 is 9.59 Å². The summed E-state index contributed by atoms with van der Waals surface area (Å²) in [4.78, 5) is 29.3. The predicted molar refractivity (Wildman–Crippen MR) is 135 cm³/mol. The summed E-state index contributed by atoms with van der Waals surface area (Å²) in [5.41, 5.74) is 2.54. The SMILES string of the molecule is O=C1C[C@H](N(CCc2ccccc2)C(=S)Nc2ccccc2)C(=O)N1c1ccc(Br)cc1. The maximum atomic E-state index is 13.4. The molecule has 5 nitrogen and oxygen atoms in total. The van der Waals surface area contributed by atoms with Crippen molar-refractivity contribution in [2.45, 2.75) is 18.9 Å². The third-order valence-corrected chi connectivity index (χ3v) is 6.22. The van der Waals surface area contributed by atoms with Crippen LogP contribution in [-0.4, -0.2) is 34.4 Å². The Labute approximate surface area is 201 Å². The van der Waals surface area contributed by atoms with Gasteiger partial charge in [0.05, 0.1) is 12.1 Å². The van der Waals surface area contributed by atoms with Crippen LogP contribution in [0.4, 0.5) is 11.4 Å². The van der Waals surface area contributed by atoms with Crippen molar-refractivity contribution in [2.24, 2.45) is 0 Å². The number of hydrogen-bond donors (Lipinski definition) is 1. The zero-order valence-electron chi connectivity index (χ0n) is 17.3. The molecule has 3 aromatic carbocycles. The first kappa shape index (κ1) is 22.2.